The average molecular weight is 344 g/mol. The lowest BCUT2D eigenvalue weighted by Gasteiger charge is -2.42. The van der Waals surface area contributed by atoms with Crippen molar-refractivity contribution in [2.24, 2.45) is 5.41 Å². The molecule has 25 heavy (non-hydrogen) atoms. The first kappa shape index (κ1) is 18.0. The van der Waals surface area contributed by atoms with E-state index in [0.717, 1.165) is 30.1 Å². The van der Waals surface area contributed by atoms with E-state index in [1.807, 2.05) is 12.1 Å². The van der Waals surface area contributed by atoms with Gasteiger partial charge in [-0.2, -0.15) is 0 Å². The molecular weight excluding hydrogens is 319 g/mol. The summed E-state index contributed by atoms with van der Waals surface area (Å²) in [6.45, 7) is 9.31. The molecule has 0 atom stereocenters. The van der Waals surface area contributed by atoms with Crippen molar-refractivity contribution in [1.29, 1.82) is 0 Å². The van der Waals surface area contributed by atoms with Crippen LogP contribution in [-0.2, 0) is 9.31 Å². The number of carbonyl (C=O) groups is 1. The summed E-state index contributed by atoms with van der Waals surface area (Å²) in [7, 11) is -0.486. The number of aromatic carboxylic acids is 1. The summed E-state index contributed by atoms with van der Waals surface area (Å²) in [6.07, 6.45) is 3.19. The molecule has 1 aromatic heterocycles. The van der Waals surface area contributed by atoms with Crippen molar-refractivity contribution < 1.29 is 23.6 Å². The Kier molecular flexibility index (Phi) is 4.69. The van der Waals surface area contributed by atoms with Crippen LogP contribution in [0.15, 0.2) is 28.7 Å². The highest BCUT2D eigenvalue weighted by Crippen LogP contribution is 2.39. The molecule has 0 amide bonds. The molecule has 134 valence electrons. The molecule has 0 unspecified atom stereocenters. The lowest BCUT2D eigenvalue weighted by Crippen LogP contribution is -2.50. The van der Waals surface area contributed by atoms with E-state index in [1.165, 1.54) is 6.07 Å². The van der Waals surface area contributed by atoms with E-state index in [2.05, 4.69) is 27.7 Å². The van der Waals surface area contributed by atoms with Crippen LogP contribution >= 0.6 is 0 Å². The number of fused-ring (bicyclic) bond motifs is 1. The van der Waals surface area contributed by atoms with Gasteiger partial charge in [-0.25, -0.2) is 4.79 Å². The van der Waals surface area contributed by atoms with Gasteiger partial charge in [-0.3, -0.25) is 0 Å². The number of carboxylic acids is 1. The number of rotatable bonds is 2. The average Bonchev–Trinajstić information content (AvgIpc) is 2.97. The van der Waals surface area contributed by atoms with Crippen LogP contribution in [0.3, 0.4) is 0 Å². The Labute approximate surface area is 148 Å². The molecule has 0 saturated carbocycles. The summed E-state index contributed by atoms with van der Waals surface area (Å²) < 4.78 is 17.7. The first-order chi connectivity index (χ1) is 11.7. The highest BCUT2D eigenvalue weighted by molar-refractivity contribution is 6.61. The molecule has 1 aliphatic heterocycles. The second kappa shape index (κ2) is 6.50. The normalized spacial score (nSPS) is 20.7. The largest absolute Gasteiger partial charge is 0.494 e. The Morgan fingerprint density at radius 1 is 1.16 bits per heavy atom. The van der Waals surface area contributed by atoms with Gasteiger partial charge in [-0.15, -0.1) is 0 Å². The van der Waals surface area contributed by atoms with Crippen molar-refractivity contribution in [3.63, 3.8) is 0 Å². The molecule has 0 bridgehead atoms. The topological polar surface area (TPSA) is 68.9 Å². The number of furan rings is 1. The monoisotopic (exact) mass is 344 g/mol. The predicted octanol–water partition coefficient (Wildman–Crippen LogP) is 3.85. The van der Waals surface area contributed by atoms with Gasteiger partial charge in [0, 0.05) is 12.0 Å². The molecule has 0 spiro atoms. The lowest BCUT2D eigenvalue weighted by atomic mass is 9.70. The molecule has 1 saturated heterocycles. The smallest absolute Gasteiger partial charge is 0.475 e. The Hall–Kier alpha value is -1.79. The van der Waals surface area contributed by atoms with Crippen LogP contribution in [-0.4, -0.2) is 30.4 Å². The third kappa shape index (κ3) is 3.60. The van der Waals surface area contributed by atoms with Crippen LogP contribution < -0.4 is 5.46 Å². The summed E-state index contributed by atoms with van der Waals surface area (Å²) in [5.41, 5.74) is 1.08. The van der Waals surface area contributed by atoms with Gasteiger partial charge in [0.2, 0.25) is 5.76 Å². The fourth-order valence-corrected chi connectivity index (χ4v) is 3.10. The minimum atomic E-state index is -1.07. The summed E-state index contributed by atoms with van der Waals surface area (Å²) in [6, 6.07) is 7.07. The number of carboxylic acid groups (broad SMARTS) is 1. The third-order valence-corrected chi connectivity index (χ3v) is 5.52. The van der Waals surface area contributed by atoms with E-state index in [1.54, 1.807) is 6.07 Å². The maximum absolute atomic E-state index is 11.1. The van der Waals surface area contributed by atoms with Gasteiger partial charge in [0.1, 0.15) is 5.58 Å². The van der Waals surface area contributed by atoms with Gasteiger partial charge in [-0.1, -0.05) is 32.4 Å². The van der Waals surface area contributed by atoms with Crippen LogP contribution in [0.1, 0.15) is 57.5 Å². The summed E-state index contributed by atoms with van der Waals surface area (Å²) in [5.74, 6) is -1.14. The molecule has 2 aromatic rings. The molecule has 5 nitrogen and oxygen atoms in total. The molecule has 3 rings (SSSR count). The molecule has 2 heterocycles. The van der Waals surface area contributed by atoms with Crippen molar-refractivity contribution in [3.05, 3.63) is 30.0 Å². The van der Waals surface area contributed by atoms with Gasteiger partial charge in [-0.05, 0) is 49.7 Å². The van der Waals surface area contributed by atoms with E-state index in [0.29, 0.717) is 12.2 Å². The number of hydrogen-bond donors (Lipinski definition) is 1. The maximum Gasteiger partial charge on any atom is 0.494 e. The van der Waals surface area contributed by atoms with Gasteiger partial charge in [0.05, 0.1) is 5.60 Å². The maximum atomic E-state index is 11.1. The lowest BCUT2D eigenvalue weighted by molar-refractivity contribution is -0.0286. The molecule has 1 aliphatic rings. The highest BCUT2D eigenvalue weighted by Gasteiger charge is 2.42. The van der Waals surface area contributed by atoms with Gasteiger partial charge >= 0.3 is 13.1 Å². The zero-order valence-corrected chi connectivity index (χ0v) is 15.3. The molecule has 1 N–H and O–H groups in total. The van der Waals surface area contributed by atoms with E-state index >= 15 is 0 Å². The van der Waals surface area contributed by atoms with Crippen molar-refractivity contribution in [2.75, 3.05) is 6.61 Å². The molecule has 0 aliphatic carbocycles. The quantitative estimate of drug-likeness (QED) is 0.838. The van der Waals surface area contributed by atoms with E-state index in [9.17, 15) is 4.79 Å². The number of hydrogen-bond acceptors (Lipinski definition) is 4. The van der Waals surface area contributed by atoms with Gasteiger partial charge < -0.3 is 18.8 Å². The number of benzene rings is 1. The predicted molar refractivity (Wildman–Crippen MR) is 97.3 cm³/mol. The standard InChI is InChI=1S/C19H25BO5/c1-18(2)9-5-6-10-23-20(25-19(18,3)4)14-7-8-15-13(11-14)12-16(24-15)17(21)22/h7-8,11-12H,5-6,9-10H2,1-4H3,(H,21,22). The first-order valence-corrected chi connectivity index (χ1v) is 8.76. The molecule has 1 aromatic carbocycles. The van der Waals surface area contributed by atoms with Crippen molar-refractivity contribution in [1.82, 2.24) is 0 Å². The van der Waals surface area contributed by atoms with Crippen LogP contribution in [0, 0.1) is 5.41 Å². The zero-order valence-electron chi connectivity index (χ0n) is 15.3. The summed E-state index contributed by atoms with van der Waals surface area (Å²) in [5, 5.41) is 9.82. The molecule has 0 radical (unpaired) electrons. The SMILES string of the molecule is CC1(C)CCCCOB(c2ccc3oc(C(=O)O)cc3c2)OC1(C)C. The van der Waals surface area contributed by atoms with E-state index in [4.69, 9.17) is 18.8 Å². The van der Waals surface area contributed by atoms with Crippen LogP contribution in [0.25, 0.3) is 11.0 Å². The Bertz CT molecular complexity index is 777. The van der Waals surface area contributed by atoms with Gasteiger partial charge in [0.15, 0.2) is 0 Å². The Morgan fingerprint density at radius 3 is 2.64 bits per heavy atom. The van der Waals surface area contributed by atoms with Crippen molar-refractivity contribution in [2.45, 2.75) is 52.6 Å². The molecular formula is C19H25BO5. The fourth-order valence-electron chi connectivity index (χ4n) is 3.10. The second-order valence-electron chi connectivity index (χ2n) is 7.88. The second-order valence-corrected chi connectivity index (χ2v) is 7.88. The third-order valence-electron chi connectivity index (χ3n) is 5.52. The Morgan fingerprint density at radius 2 is 1.92 bits per heavy atom. The van der Waals surface area contributed by atoms with Crippen molar-refractivity contribution >= 4 is 29.5 Å². The van der Waals surface area contributed by atoms with Crippen LogP contribution in [0.4, 0.5) is 0 Å². The summed E-state index contributed by atoms with van der Waals surface area (Å²) >= 11 is 0. The first-order valence-electron chi connectivity index (χ1n) is 8.76. The van der Waals surface area contributed by atoms with E-state index < -0.39 is 13.1 Å². The highest BCUT2D eigenvalue weighted by atomic mass is 16.6. The van der Waals surface area contributed by atoms with E-state index in [-0.39, 0.29) is 16.8 Å². The van der Waals surface area contributed by atoms with Crippen LogP contribution in [0.5, 0.6) is 0 Å². The van der Waals surface area contributed by atoms with Crippen molar-refractivity contribution in [3.8, 4) is 0 Å². The molecule has 6 heteroatoms. The minimum absolute atomic E-state index is 0.0230. The zero-order chi connectivity index (χ0) is 18.2. The minimum Gasteiger partial charge on any atom is -0.475 e. The summed E-state index contributed by atoms with van der Waals surface area (Å²) in [4.78, 5) is 11.1. The van der Waals surface area contributed by atoms with Crippen LogP contribution in [0.2, 0.25) is 0 Å². The molecule has 1 fully saturated rings. The fraction of sp³-hybridized carbons (Fsp3) is 0.526. The van der Waals surface area contributed by atoms with Gasteiger partial charge in [0.25, 0.3) is 0 Å². The Balaban J connectivity index is 1.94.